The van der Waals surface area contributed by atoms with Crippen molar-refractivity contribution in [3.63, 3.8) is 0 Å². The molecule has 3 aromatic rings. The average molecular weight is 452 g/mol. The number of likely N-dealkylation sites (tertiary alicyclic amines) is 1. The maximum Gasteiger partial charge on any atom is 0.273 e. The minimum absolute atomic E-state index is 0.0505. The monoisotopic (exact) mass is 451 g/mol. The van der Waals surface area contributed by atoms with E-state index in [1.165, 1.54) is 17.8 Å². The Hall–Kier alpha value is -2.55. The molecular formula is C24H29N5O2S. The van der Waals surface area contributed by atoms with E-state index in [1.807, 2.05) is 51.5 Å². The Kier molecular flexibility index (Phi) is 6.61. The number of benzene rings is 1. The topological polar surface area (TPSA) is 63.5 Å². The molecule has 0 unspecified atom stereocenters. The Bertz CT molecular complexity index is 1020. The van der Waals surface area contributed by atoms with Gasteiger partial charge in [-0.15, -0.1) is 11.3 Å². The van der Waals surface area contributed by atoms with Gasteiger partial charge in [-0.3, -0.25) is 9.69 Å². The summed E-state index contributed by atoms with van der Waals surface area (Å²) in [5.41, 5.74) is 2.48. The molecule has 32 heavy (non-hydrogen) atoms. The molecule has 2 fully saturated rings. The van der Waals surface area contributed by atoms with E-state index < -0.39 is 0 Å². The number of hydrogen-bond acceptors (Lipinski definition) is 6. The van der Waals surface area contributed by atoms with Gasteiger partial charge in [-0.2, -0.15) is 5.10 Å². The molecule has 0 spiro atoms. The molecule has 2 aromatic heterocycles. The molecule has 0 atom stereocenters. The van der Waals surface area contributed by atoms with Crippen LogP contribution in [0.3, 0.4) is 0 Å². The fourth-order valence-corrected chi connectivity index (χ4v) is 5.21. The Balaban J connectivity index is 1.15. The van der Waals surface area contributed by atoms with Crippen LogP contribution in [0.25, 0.3) is 16.3 Å². The van der Waals surface area contributed by atoms with Gasteiger partial charge in [-0.25, -0.2) is 9.67 Å². The molecule has 7 nitrogen and oxygen atoms in total. The van der Waals surface area contributed by atoms with Crippen molar-refractivity contribution in [2.75, 3.05) is 45.9 Å². The zero-order chi connectivity index (χ0) is 21.8. The number of amides is 1. The van der Waals surface area contributed by atoms with Crippen molar-refractivity contribution in [2.24, 2.45) is 5.92 Å². The van der Waals surface area contributed by atoms with E-state index in [0.29, 0.717) is 11.6 Å². The highest BCUT2D eigenvalue weighted by molar-refractivity contribution is 7.13. The highest BCUT2D eigenvalue weighted by Crippen LogP contribution is 2.27. The number of piperidine rings is 1. The number of aromatic nitrogens is 3. The first-order valence-corrected chi connectivity index (χ1v) is 12.3. The number of hydrogen-bond donors (Lipinski definition) is 0. The second-order valence-electron chi connectivity index (χ2n) is 8.53. The molecule has 1 aromatic carbocycles. The highest BCUT2D eigenvalue weighted by atomic mass is 32.1. The smallest absolute Gasteiger partial charge is 0.273 e. The third-order valence-electron chi connectivity index (χ3n) is 6.43. The van der Waals surface area contributed by atoms with Crippen LogP contribution in [0.5, 0.6) is 0 Å². The van der Waals surface area contributed by atoms with Crippen molar-refractivity contribution in [3.8, 4) is 16.3 Å². The Labute approximate surface area is 192 Å². The minimum Gasteiger partial charge on any atom is -0.379 e. The Morgan fingerprint density at radius 1 is 1.09 bits per heavy atom. The summed E-state index contributed by atoms with van der Waals surface area (Å²) in [7, 11) is 0. The van der Waals surface area contributed by atoms with Crippen molar-refractivity contribution < 1.29 is 9.53 Å². The van der Waals surface area contributed by atoms with Gasteiger partial charge in [0.05, 0.1) is 25.1 Å². The Morgan fingerprint density at radius 3 is 2.66 bits per heavy atom. The van der Waals surface area contributed by atoms with E-state index in [4.69, 9.17) is 4.74 Å². The van der Waals surface area contributed by atoms with E-state index in [-0.39, 0.29) is 5.91 Å². The maximum absolute atomic E-state index is 13.0. The minimum atomic E-state index is 0.0505. The number of para-hydroxylation sites is 1. The normalized spacial score (nSPS) is 18.2. The van der Waals surface area contributed by atoms with Gasteiger partial charge in [0.25, 0.3) is 5.91 Å². The fraction of sp³-hybridized carbons (Fsp3) is 0.458. The molecule has 2 aliphatic rings. The van der Waals surface area contributed by atoms with Crippen LogP contribution in [0.4, 0.5) is 0 Å². The van der Waals surface area contributed by atoms with Crippen molar-refractivity contribution in [1.29, 1.82) is 0 Å². The number of thiazole rings is 1. The van der Waals surface area contributed by atoms with Crippen LogP contribution in [-0.2, 0) is 4.74 Å². The van der Waals surface area contributed by atoms with Gasteiger partial charge in [-0.05, 0) is 43.9 Å². The first-order chi connectivity index (χ1) is 15.8. The van der Waals surface area contributed by atoms with Crippen LogP contribution in [-0.4, -0.2) is 76.4 Å². The summed E-state index contributed by atoms with van der Waals surface area (Å²) in [6.45, 7) is 6.61. The number of carbonyl (C=O) groups excluding carboxylic acids is 1. The summed E-state index contributed by atoms with van der Waals surface area (Å²) in [6.07, 6.45) is 7.14. The van der Waals surface area contributed by atoms with Gasteiger partial charge < -0.3 is 9.64 Å². The van der Waals surface area contributed by atoms with Gasteiger partial charge in [-0.1, -0.05) is 18.2 Å². The van der Waals surface area contributed by atoms with Crippen LogP contribution in [0.2, 0.25) is 0 Å². The molecule has 0 aliphatic carbocycles. The van der Waals surface area contributed by atoms with Crippen LogP contribution in [0, 0.1) is 5.92 Å². The molecule has 1 amide bonds. The highest BCUT2D eigenvalue weighted by Gasteiger charge is 2.26. The molecular weight excluding hydrogens is 422 g/mol. The molecule has 0 radical (unpaired) electrons. The lowest BCUT2D eigenvalue weighted by atomic mass is 9.93. The zero-order valence-electron chi connectivity index (χ0n) is 18.2. The summed E-state index contributed by atoms with van der Waals surface area (Å²) in [5.74, 6) is 0.756. The van der Waals surface area contributed by atoms with Crippen molar-refractivity contribution in [3.05, 3.63) is 53.8 Å². The van der Waals surface area contributed by atoms with E-state index in [0.717, 1.165) is 75.0 Å². The maximum atomic E-state index is 13.0. The van der Waals surface area contributed by atoms with E-state index in [2.05, 4.69) is 15.0 Å². The number of nitrogens with zero attached hydrogens (tertiary/aromatic N) is 5. The number of morpholine rings is 1. The summed E-state index contributed by atoms with van der Waals surface area (Å²) in [5, 5.41) is 7.15. The molecule has 8 heteroatoms. The average Bonchev–Trinajstić information content (AvgIpc) is 3.54. The molecule has 168 valence electrons. The molecule has 0 bridgehead atoms. The van der Waals surface area contributed by atoms with Gasteiger partial charge in [0.2, 0.25) is 0 Å². The van der Waals surface area contributed by atoms with Gasteiger partial charge in [0.1, 0.15) is 10.7 Å². The standard InChI is InChI=1S/C24H29N5O2S/c30-24(28-10-7-19(8-11-28)6-9-27-12-14-31-15-13-27)22-18-32-23(26-22)20-16-25-29(17-20)21-4-2-1-3-5-21/h1-5,16-19H,6-15H2. The van der Waals surface area contributed by atoms with Crippen LogP contribution < -0.4 is 0 Å². The second kappa shape index (κ2) is 9.94. The van der Waals surface area contributed by atoms with Crippen molar-refractivity contribution in [2.45, 2.75) is 19.3 Å². The van der Waals surface area contributed by atoms with Crippen LogP contribution >= 0.6 is 11.3 Å². The number of rotatable bonds is 6. The zero-order valence-corrected chi connectivity index (χ0v) is 19.0. The molecule has 0 saturated carbocycles. The summed E-state index contributed by atoms with van der Waals surface area (Å²) < 4.78 is 7.26. The van der Waals surface area contributed by atoms with Crippen LogP contribution in [0.15, 0.2) is 48.1 Å². The summed E-state index contributed by atoms with van der Waals surface area (Å²) in [4.78, 5) is 22.1. The first-order valence-electron chi connectivity index (χ1n) is 11.4. The lowest BCUT2D eigenvalue weighted by Crippen LogP contribution is -2.41. The lowest BCUT2D eigenvalue weighted by molar-refractivity contribution is 0.0332. The third-order valence-corrected chi connectivity index (χ3v) is 7.32. The first kappa shape index (κ1) is 21.3. The summed E-state index contributed by atoms with van der Waals surface area (Å²) in [6, 6.07) is 9.99. The Morgan fingerprint density at radius 2 is 1.88 bits per heavy atom. The molecule has 2 saturated heterocycles. The predicted molar refractivity (Wildman–Crippen MR) is 125 cm³/mol. The van der Waals surface area contributed by atoms with E-state index >= 15 is 0 Å². The molecule has 5 rings (SSSR count). The second-order valence-corrected chi connectivity index (χ2v) is 9.38. The van der Waals surface area contributed by atoms with Crippen LogP contribution in [0.1, 0.15) is 29.8 Å². The molecule has 2 aliphatic heterocycles. The fourth-order valence-electron chi connectivity index (χ4n) is 4.44. The summed E-state index contributed by atoms with van der Waals surface area (Å²) >= 11 is 1.50. The van der Waals surface area contributed by atoms with E-state index in [1.54, 1.807) is 6.20 Å². The molecule has 0 N–H and O–H groups in total. The molecule has 4 heterocycles. The third kappa shape index (κ3) is 4.92. The largest absolute Gasteiger partial charge is 0.379 e. The van der Waals surface area contributed by atoms with Gasteiger partial charge in [0, 0.05) is 43.3 Å². The van der Waals surface area contributed by atoms with Gasteiger partial charge >= 0.3 is 0 Å². The predicted octanol–water partition coefficient (Wildman–Crippen LogP) is 3.57. The van der Waals surface area contributed by atoms with Gasteiger partial charge in [0.15, 0.2) is 0 Å². The quantitative estimate of drug-likeness (QED) is 0.573. The SMILES string of the molecule is O=C(c1csc(-c2cnn(-c3ccccc3)c2)n1)N1CCC(CCN2CCOCC2)CC1. The lowest BCUT2D eigenvalue weighted by Gasteiger charge is -2.33. The number of carbonyl (C=O) groups is 1. The van der Waals surface area contributed by atoms with Crippen molar-refractivity contribution >= 4 is 17.2 Å². The number of ether oxygens (including phenoxy) is 1. The van der Waals surface area contributed by atoms with Crippen molar-refractivity contribution in [1.82, 2.24) is 24.6 Å². The van der Waals surface area contributed by atoms with E-state index in [9.17, 15) is 4.79 Å².